The van der Waals surface area contributed by atoms with Crippen molar-refractivity contribution in [2.24, 2.45) is 17.6 Å². The summed E-state index contributed by atoms with van der Waals surface area (Å²) in [6, 6.07) is 7.88. The average Bonchev–Trinajstić information content (AvgIpc) is 3.13. The zero-order valence-electron chi connectivity index (χ0n) is 16.6. The van der Waals surface area contributed by atoms with Gasteiger partial charge in [0.25, 0.3) is 0 Å². The van der Waals surface area contributed by atoms with Crippen LogP contribution in [0.4, 0.5) is 4.79 Å². The lowest BCUT2D eigenvalue weighted by molar-refractivity contribution is -0.133. The molecule has 0 radical (unpaired) electrons. The lowest BCUT2D eigenvalue weighted by Gasteiger charge is -2.32. The quantitative estimate of drug-likeness (QED) is 0.825. The number of carbonyl (C=O) groups is 2. The van der Waals surface area contributed by atoms with E-state index in [1.807, 2.05) is 34.1 Å². The number of fused-ring (bicyclic) bond motifs is 1. The molecule has 3 atom stereocenters. The zero-order chi connectivity index (χ0) is 19.3. The van der Waals surface area contributed by atoms with Crippen LogP contribution in [-0.2, 0) is 4.79 Å². The van der Waals surface area contributed by atoms with Crippen LogP contribution in [0.5, 0.6) is 5.75 Å². The first-order valence-corrected chi connectivity index (χ1v) is 9.54. The normalized spacial score (nSPS) is 27.1. The van der Waals surface area contributed by atoms with E-state index in [-0.39, 0.29) is 42.2 Å². The van der Waals surface area contributed by atoms with Gasteiger partial charge in [-0.15, -0.1) is 12.4 Å². The van der Waals surface area contributed by atoms with Crippen molar-refractivity contribution < 1.29 is 14.3 Å². The fourth-order valence-corrected chi connectivity index (χ4v) is 4.56. The fourth-order valence-electron chi connectivity index (χ4n) is 4.56. The van der Waals surface area contributed by atoms with Crippen molar-refractivity contribution in [3.05, 3.63) is 29.8 Å². The van der Waals surface area contributed by atoms with E-state index in [1.165, 1.54) is 0 Å². The van der Waals surface area contributed by atoms with E-state index in [2.05, 4.69) is 0 Å². The first-order valence-electron chi connectivity index (χ1n) is 9.54. The summed E-state index contributed by atoms with van der Waals surface area (Å²) in [7, 11) is 5.20. The second-order valence-electron chi connectivity index (χ2n) is 8.34. The molecule has 3 amide bonds. The molecule has 1 aromatic rings. The van der Waals surface area contributed by atoms with Gasteiger partial charge in [-0.1, -0.05) is 12.1 Å². The number of nitrogens with two attached hydrogens (primary N) is 1. The van der Waals surface area contributed by atoms with Crippen LogP contribution in [0.1, 0.15) is 24.4 Å². The van der Waals surface area contributed by atoms with Crippen LogP contribution in [-0.4, -0.2) is 73.0 Å². The molecule has 2 heterocycles. The molecule has 2 saturated heterocycles. The number of hydrogen-bond donors (Lipinski definition) is 1. The van der Waals surface area contributed by atoms with Gasteiger partial charge in [-0.05, 0) is 30.5 Å². The van der Waals surface area contributed by atoms with Gasteiger partial charge < -0.3 is 25.2 Å². The van der Waals surface area contributed by atoms with Crippen LogP contribution >= 0.6 is 12.4 Å². The van der Waals surface area contributed by atoms with Crippen molar-refractivity contribution in [1.82, 2.24) is 14.7 Å². The minimum absolute atomic E-state index is 0. The first kappa shape index (κ1) is 20.7. The second kappa shape index (κ2) is 7.44. The molecule has 8 heteroatoms. The highest BCUT2D eigenvalue weighted by atomic mass is 35.5. The predicted octanol–water partition coefficient (Wildman–Crippen LogP) is 1.72. The molecule has 1 aromatic carbocycles. The number of benzene rings is 1. The lowest BCUT2D eigenvalue weighted by Crippen LogP contribution is -2.47. The topological polar surface area (TPSA) is 79.1 Å². The number of methoxy groups -OCH3 is 1. The van der Waals surface area contributed by atoms with E-state index >= 15 is 0 Å². The van der Waals surface area contributed by atoms with Gasteiger partial charge in [-0.3, -0.25) is 4.79 Å². The maximum Gasteiger partial charge on any atom is 0.320 e. The van der Waals surface area contributed by atoms with Crippen molar-refractivity contribution in [3.8, 4) is 5.75 Å². The SMILES string of the molecule is COc1ccc([C@H]2[C@@H]3CN(C(=O)C4(N)CC4)C[C@@H]3CN2C(=O)N(C)C)cc1.Cl. The Morgan fingerprint density at radius 3 is 2.32 bits per heavy atom. The summed E-state index contributed by atoms with van der Waals surface area (Å²) in [5, 5.41) is 0. The van der Waals surface area contributed by atoms with E-state index in [0.29, 0.717) is 19.6 Å². The number of hydrogen-bond acceptors (Lipinski definition) is 4. The second-order valence-corrected chi connectivity index (χ2v) is 8.34. The lowest BCUT2D eigenvalue weighted by atomic mass is 9.89. The third-order valence-electron chi connectivity index (χ3n) is 6.25. The highest BCUT2D eigenvalue weighted by molar-refractivity contribution is 5.89. The van der Waals surface area contributed by atoms with E-state index < -0.39 is 5.54 Å². The third-order valence-corrected chi connectivity index (χ3v) is 6.25. The number of carbonyl (C=O) groups excluding carboxylic acids is 2. The molecular formula is C20H29ClN4O3. The smallest absolute Gasteiger partial charge is 0.320 e. The molecule has 7 nitrogen and oxygen atoms in total. The molecule has 0 bridgehead atoms. The van der Waals surface area contributed by atoms with Gasteiger partial charge in [0.15, 0.2) is 0 Å². The van der Waals surface area contributed by atoms with Crippen LogP contribution in [0.3, 0.4) is 0 Å². The number of amides is 3. The maximum absolute atomic E-state index is 12.8. The highest BCUT2D eigenvalue weighted by Gasteiger charge is 2.55. The average molecular weight is 409 g/mol. The molecule has 2 N–H and O–H groups in total. The number of halogens is 1. The zero-order valence-corrected chi connectivity index (χ0v) is 17.4. The van der Waals surface area contributed by atoms with Gasteiger partial charge in [0.2, 0.25) is 5.91 Å². The minimum Gasteiger partial charge on any atom is -0.497 e. The van der Waals surface area contributed by atoms with Gasteiger partial charge in [-0.25, -0.2) is 4.79 Å². The van der Waals surface area contributed by atoms with Gasteiger partial charge in [0, 0.05) is 45.6 Å². The largest absolute Gasteiger partial charge is 0.497 e. The van der Waals surface area contributed by atoms with Crippen molar-refractivity contribution in [2.45, 2.75) is 24.4 Å². The molecule has 154 valence electrons. The van der Waals surface area contributed by atoms with E-state index in [1.54, 1.807) is 26.1 Å². The fraction of sp³-hybridized carbons (Fsp3) is 0.600. The third kappa shape index (κ3) is 3.42. The summed E-state index contributed by atoms with van der Waals surface area (Å²) in [4.78, 5) is 31.0. The van der Waals surface area contributed by atoms with E-state index in [9.17, 15) is 9.59 Å². The Kier molecular flexibility index (Phi) is 5.51. The van der Waals surface area contributed by atoms with Crippen molar-refractivity contribution in [2.75, 3.05) is 40.8 Å². The number of urea groups is 1. The van der Waals surface area contributed by atoms with E-state index in [0.717, 1.165) is 24.2 Å². The van der Waals surface area contributed by atoms with Crippen LogP contribution in [0.25, 0.3) is 0 Å². The van der Waals surface area contributed by atoms with Gasteiger partial charge in [0.05, 0.1) is 18.7 Å². The van der Waals surface area contributed by atoms with Crippen LogP contribution in [0.2, 0.25) is 0 Å². The summed E-state index contributed by atoms with van der Waals surface area (Å²) in [5.74, 6) is 1.39. The Labute approximate surface area is 172 Å². The van der Waals surface area contributed by atoms with E-state index in [4.69, 9.17) is 10.5 Å². The first-order chi connectivity index (χ1) is 12.8. The van der Waals surface area contributed by atoms with Crippen molar-refractivity contribution in [3.63, 3.8) is 0 Å². The molecule has 28 heavy (non-hydrogen) atoms. The predicted molar refractivity (Wildman–Crippen MR) is 108 cm³/mol. The maximum atomic E-state index is 12.8. The number of ether oxygens (including phenoxy) is 1. The molecule has 0 spiro atoms. The summed E-state index contributed by atoms with van der Waals surface area (Å²) in [6.07, 6.45) is 1.57. The molecule has 1 saturated carbocycles. The molecule has 0 aromatic heterocycles. The summed E-state index contributed by atoms with van der Waals surface area (Å²) in [5.41, 5.74) is 6.59. The Morgan fingerprint density at radius 1 is 1.14 bits per heavy atom. The highest BCUT2D eigenvalue weighted by Crippen LogP contribution is 2.47. The molecule has 4 rings (SSSR count). The summed E-state index contributed by atoms with van der Waals surface area (Å²) in [6.45, 7) is 2.02. The van der Waals surface area contributed by atoms with Gasteiger partial charge in [-0.2, -0.15) is 0 Å². The molecule has 3 fully saturated rings. The number of rotatable bonds is 3. The Bertz CT molecular complexity index is 750. The Hall–Kier alpha value is -1.99. The van der Waals surface area contributed by atoms with Gasteiger partial charge >= 0.3 is 6.03 Å². The van der Waals surface area contributed by atoms with Gasteiger partial charge in [0.1, 0.15) is 5.75 Å². The van der Waals surface area contributed by atoms with Crippen LogP contribution in [0, 0.1) is 11.8 Å². The Morgan fingerprint density at radius 2 is 1.79 bits per heavy atom. The van der Waals surface area contributed by atoms with Crippen molar-refractivity contribution in [1.29, 1.82) is 0 Å². The minimum atomic E-state index is -0.632. The molecule has 3 aliphatic rings. The molecule has 2 aliphatic heterocycles. The molecular weight excluding hydrogens is 380 g/mol. The Balaban J connectivity index is 0.00000225. The number of likely N-dealkylation sites (tertiary alicyclic amines) is 2. The molecule has 0 unspecified atom stereocenters. The van der Waals surface area contributed by atoms with Crippen molar-refractivity contribution >= 4 is 24.3 Å². The summed E-state index contributed by atoms with van der Waals surface area (Å²) < 4.78 is 5.27. The monoisotopic (exact) mass is 408 g/mol. The summed E-state index contributed by atoms with van der Waals surface area (Å²) >= 11 is 0. The molecule has 1 aliphatic carbocycles. The number of nitrogens with zero attached hydrogens (tertiary/aromatic N) is 3. The van der Waals surface area contributed by atoms with Crippen LogP contribution < -0.4 is 10.5 Å². The van der Waals surface area contributed by atoms with Crippen LogP contribution in [0.15, 0.2) is 24.3 Å². The standard InChI is InChI=1S/C20H28N4O3.ClH/c1-22(2)19(26)24-11-14-10-23(18(25)20(21)8-9-20)12-16(14)17(24)13-4-6-15(27-3)7-5-13;/h4-7,14,16-17H,8-12,21H2,1-3H3;1H/t14-,16-,17+;/m1./s1.